The van der Waals surface area contributed by atoms with Crippen molar-refractivity contribution in [1.29, 1.82) is 0 Å². The van der Waals surface area contributed by atoms with Crippen LogP contribution in [0.4, 0.5) is 0 Å². The maximum absolute atomic E-state index is 12.2. The van der Waals surface area contributed by atoms with Gasteiger partial charge in [0.2, 0.25) is 5.88 Å². The van der Waals surface area contributed by atoms with Crippen LogP contribution in [-0.2, 0) is 4.79 Å². The number of para-hydroxylation sites is 1. The Kier molecular flexibility index (Phi) is 7.59. The fraction of sp³-hybridized carbons (Fsp3) is 0.143. The smallest absolute Gasteiger partial charge is 0.258 e. The maximum atomic E-state index is 12.2. The molecule has 0 saturated carbocycles. The van der Waals surface area contributed by atoms with Gasteiger partial charge in [-0.15, -0.1) is 15.3 Å². The average molecular weight is 512 g/mol. The Morgan fingerprint density at radius 1 is 0.816 bits per heavy atom. The van der Waals surface area contributed by atoms with Crippen molar-refractivity contribution in [3.05, 3.63) is 91.0 Å². The van der Waals surface area contributed by atoms with Gasteiger partial charge in [-0.25, -0.2) is 0 Å². The first kappa shape index (κ1) is 24.6. The quantitative estimate of drug-likeness (QED) is 0.263. The molecule has 5 aromatic rings. The third-order valence-corrected chi connectivity index (χ3v) is 5.41. The molecule has 0 spiro atoms. The van der Waals surface area contributed by atoms with Crippen molar-refractivity contribution in [3.8, 4) is 40.3 Å². The first-order chi connectivity index (χ1) is 18.7. The molecule has 0 fully saturated rings. The summed E-state index contributed by atoms with van der Waals surface area (Å²) in [5.74, 6) is 3.38. The van der Waals surface area contributed by atoms with E-state index in [1.54, 1.807) is 48.0 Å². The van der Waals surface area contributed by atoms with Crippen LogP contribution < -0.4 is 24.3 Å². The number of ether oxygens (including phenoxy) is 4. The molecule has 0 bridgehead atoms. The summed E-state index contributed by atoms with van der Waals surface area (Å²) in [5.41, 5.74) is 1.40. The molecule has 0 aliphatic rings. The lowest BCUT2D eigenvalue weighted by molar-refractivity contribution is -0.123. The average Bonchev–Trinajstić information content (AvgIpc) is 3.39. The van der Waals surface area contributed by atoms with Crippen LogP contribution in [0, 0.1) is 0 Å². The highest BCUT2D eigenvalue weighted by Crippen LogP contribution is 2.24. The van der Waals surface area contributed by atoms with Gasteiger partial charge in [0.05, 0.1) is 13.7 Å². The van der Waals surface area contributed by atoms with Crippen LogP contribution in [0.2, 0.25) is 0 Å². The third kappa shape index (κ3) is 6.16. The van der Waals surface area contributed by atoms with E-state index in [9.17, 15) is 4.79 Å². The van der Waals surface area contributed by atoms with Crippen LogP contribution >= 0.6 is 0 Å². The van der Waals surface area contributed by atoms with Gasteiger partial charge in [-0.05, 0) is 54.6 Å². The minimum Gasteiger partial charge on any atom is -0.497 e. The van der Waals surface area contributed by atoms with Crippen LogP contribution in [0.5, 0.6) is 28.9 Å². The van der Waals surface area contributed by atoms with Crippen molar-refractivity contribution in [2.24, 2.45) is 0 Å². The van der Waals surface area contributed by atoms with Crippen LogP contribution in [-0.4, -0.2) is 52.6 Å². The highest BCUT2D eigenvalue weighted by Gasteiger charge is 2.11. The lowest BCUT2D eigenvalue weighted by Gasteiger charge is -2.10. The summed E-state index contributed by atoms with van der Waals surface area (Å²) in [5, 5.41) is 15.6. The summed E-state index contributed by atoms with van der Waals surface area (Å²) < 4.78 is 23.9. The van der Waals surface area contributed by atoms with E-state index in [1.807, 2.05) is 54.6 Å². The predicted molar refractivity (Wildman–Crippen MR) is 140 cm³/mol. The SMILES string of the molecule is COc1cccc(-c2nnc3ccc(OCCNC(=O)COc4ccc(Oc5ccccc5)cc4)nn23)c1. The normalized spacial score (nSPS) is 10.7. The molecule has 0 unspecified atom stereocenters. The highest BCUT2D eigenvalue weighted by atomic mass is 16.5. The number of hydrogen-bond acceptors (Lipinski definition) is 8. The molecule has 10 heteroatoms. The Morgan fingerprint density at radius 2 is 1.58 bits per heavy atom. The number of methoxy groups -OCH3 is 1. The Bertz CT molecular complexity index is 1510. The molecular weight excluding hydrogens is 486 g/mol. The predicted octanol–water partition coefficient (Wildman–Crippen LogP) is 4.17. The minimum absolute atomic E-state index is 0.117. The van der Waals surface area contributed by atoms with Crippen LogP contribution in [0.25, 0.3) is 17.0 Å². The molecule has 2 aromatic heterocycles. The summed E-state index contributed by atoms with van der Waals surface area (Å²) in [6, 6.07) is 27.5. The van der Waals surface area contributed by atoms with Gasteiger partial charge >= 0.3 is 0 Å². The van der Waals surface area contributed by atoms with E-state index in [0.29, 0.717) is 34.6 Å². The van der Waals surface area contributed by atoms with Gasteiger partial charge < -0.3 is 24.3 Å². The van der Waals surface area contributed by atoms with Gasteiger partial charge in [-0.2, -0.15) is 4.52 Å². The number of amides is 1. The van der Waals surface area contributed by atoms with Gasteiger partial charge in [-0.3, -0.25) is 4.79 Å². The van der Waals surface area contributed by atoms with Crippen molar-refractivity contribution in [3.63, 3.8) is 0 Å². The van der Waals surface area contributed by atoms with Gasteiger partial charge in [0.15, 0.2) is 18.1 Å². The lowest BCUT2D eigenvalue weighted by Crippen LogP contribution is -2.32. The fourth-order valence-corrected chi connectivity index (χ4v) is 3.57. The van der Waals surface area contributed by atoms with Gasteiger partial charge in [-0.1, -0.05) is 30.3 Å². The number of carbonyl (C=O) groups excluding carboxylic acids is 1. The Labute approximate surface area is 218 Å². The van der Waals surface area contributed by atoms with E-state index < -0.39 is 0 Å². The van der Waals surface area contributed by atoms with Crippen molar-refractivity contribution >= 4 is 11.6 Å². The molecule has 10 nitrogen and oxygen atoms in total. The van der Waals surface area contributed by atoms with E-state index in [0.717, 1.165) is 11.3 Å². The molecule has 192 valence electrons. The van der Waals surface area contributed by atoms with Crippen LogP contribution in [0.3, 0.4) is 0 Å². The Balaban J connectivity index is 1.08. The monoisotopic (exact) mass is 511 g/mol. The second-order valence-corrected chi connectivity index (χ2v) is 8.07. The molecule has 0 aliphatic heterocycles. The number of nitrogens with one attached hydrogen (secondary N) is 1. The van der Waals surface area contributed by atoms with E-state index in [2.05, 4.69) is 20.6 Å². The molecule has 38 heavy (non-hydrogen) atoms. The van der Waals surface area contributed by atoms with Crippen molar-refractivity contribution in [2.75, 3.05) is 26.9 Å². The van der Waals surface area contributed by atoms with Crippen molar-refractivity contribution in [1.82, 2.24) is 25.1 Å². The van der Waals surface area contributed by atoms with Gasteiger partial charge in [0.25, 0.3) is 5.91 Å². The second kappa shape index (κ2) is 11.7. The van der Waals surface area contributed by atoms with E-state index in [-0.39, 0.29) is 25.7 Å². The summed E-state index contributed by atoms with van der Waals surface area (Å²) in [6.07, 6.45) is 0. The number of hydrogen-bond donors (Lipinski definition) is 1. The lowest BCUT2D eigenvalue weighted by atomic mass is 10.2. The third-order valence-electron chi connectivity index (χ3n) is 5.41. The first-order valence-corrected chi connectivity index (χ1v) is 11.9. The first-order valence-electron chi connectivity index (χ1n) is 11.9. The molecule has 1 amide bonds. The minimum atomic E-state index is -0.263. The zero-order valence-electron chi connectivity index (χ0n) is 20.6. The molecule has 0 saturated heterocycles. The van der Waals surface area contributed by atoms with Gasteiger partial charge in [0, 0.05) is 11.6 Å². The molecular formula is C28H25N5O5. The molecule has 1 N–H and O–H groups in total. The van der Waals surface area contributed by atoms with Crippen molar-refractivity contribution in [2.45, 2.75) is 0 Å². The fourth-order valence-electron chi connectivity index (χ4n) is 3.57. The zero-order valence-corrected chi connectivity index (χ0v) is 20.6. The van der Waals surface area contributed by atoms with E-state index >= 15 is 0 Å². The summed E-state index contributed by atoms with van der Waals surface area (Å²) >= 11 is 0. The molecule has 0 atom stereocenters. The summed E-state index contributed by atoms with van der Waals surface area (Å²) in [6.45, 7) is 0.400. The number of nitrogens with zero attached hydrogens (tertiary/aromatic N) is 4. The molecule has 5 rings (SSSR count). The Hall–Kier alpha value is -5.12. The van der Waals surface area contributed by atoms with Crippen LogP contribution in [0.15, 0.2) is 91.0 Å². The van der Waals surface area contributed by atoms with Crippen LogP contribution in [0.1, 0.15) is 0 Å². The standard InChI is InChI=1S/C28H25N5O5/c1-35-24-9-5-6-20(18-24)28-31-30-25-14-15-27(32-33(25)28)36-17-16-29-26(34)19-37-21-10-12-23(13-11-21)38-22-7-3-2-4-8-22/h2-15,18H,16-17,19H2,1H3,(H,29,34). The highest BCUT2D eigenvalue weighted by molar-refractivity contribution is 5.77. The number of fused-ring (bicyclic) bond motifs is 1. The summed E-state index contributed by atoms with van der Waals surface area (Å²) in [7, 11) is 1.61. The molecule has 0 aliphatic carbocycles. The largest absolute Gasteiger partial charge is 0.497 e. The molecule has 2 heterocycles. The number of carbonyl (C=O) groups is 1. The number of benzene rings is 3. The van der Waals surface area contributed by atoms with E-state index in [1.165, 1.54) is 0 Å². The van der Waals surface area contributed by atoms with E-state index in [4.69, 9.17) is 18.9 Å². The maximum Gasteiger partial charge on any atom is 0.258 e. The summed E-state index contributed by atoms with van der Waals surface area (Å²) in [4.78, 5) is 12.2. The number of rotatable bonds is 11. The van der Waals surface area contributed by atoms with Crippen molar-refractivity contribution < 1.29 is 23.7 Å². The zero-order chi connectivity index (χ0) is 26.2. The Morgan fingerprint density at radius 3 is 2.39 bits per heavy atom. The second-order valence-electron chi connectivity index (χ2n) is 8.07. The topological polar surface area (TPSA) is 109 Å². The molecule has 0 radical (unpaired) electrons. The van der Waals surface area contributed by atoms with Gasteiger partial charge in [0.1, 0.15) is 29.6 Å². The molecule has 3 aromatic carbocycles. The number of aromatic nitrogens is 4.